The topological polar surface area (TPSA) is 72.5 Å². The second-order valence-electron chi connectivity index (χ2n) is 1.92. The van der Waals surface area contributed by atoms with Crippen LogP contribution in [0.15, 0.2) is 4.40 Å². The summed E-state index contributed by atoms with van der Waals surface area (Å²) in [5.74, 6) is 0.156. The maximum atomic E-state index is 9.88. The van der Waals surface area contributed by atoms with Gasteiger partial charge >= 0.3 is 0 Å². The van der Waals surface area contributed by atoms with E-state index >= 15 is 0 Å². The molecular weight excluding hydrogens is 140 g/mol. The molecule has 2 N–H and O–H groups in total. The molecule has 9 heavy (non-hydrogen) atoms. The average molecular weight is 150 g/mol. The molecule has 0 rings (SSSR count). The predicted molar refractivity (Wildman–Crippen MR) is 36.8 cm³/mol. The maximum absolute atomic E-state index is 9.88. The first-order valence-corrected chi connectivity index (χ1v) is 3.65. The summed E-state index contributed by atoms with van der Waals surface area (Å²) in [5.41, 5.74) is 5.18. The summed E-state index contributed by atoms with van der Waals surface area (Å²) < 4.78 is 22.9. The van der Waals surface area contributed by atoms with Crippen LogP contribution in [0.1, 0.15) is 13.8 Å². The highest BCUT2D eigenvalue weighted by molar-refractivity contribution is 7.71. The summed E-state index contributed by atoms with van der Waals surface area (Å²) in [7, 11) is -2.71. The van der Waals surface area contributed by atoms with Gasteiger partial charge in [0, 0.05) is 5.92 Å². The minimum atomic E-state index is -2.71. The Bertz CT molecular complexity index is 175. The van der Waals surface area contributed by atoms with E-state index in [0.29, 0.717) is 0 Å². The lowest BCUT2D eigenvalue weighted by atomic mass is 10.2. The van der Waals surface area contributed by atoms with Gasteiger partial charge < -0.3 is 5.73 Å². The summed E-state index contributed by atoms with van der Waals surface area (Å²) in [6.07, 6.45) is 0. The zero-order valence-electron chi connectivity index (χ0n) is 5.37. The van der Waals surface area contributed by atoms with Gasteiger partial charge in [-0.15, -0.1) is 0 Å². The van der Waals surface area contributed by atoms with E-state index in [-0.39, 0.29) is 11.8 Å². The quantitative estimate of drug-likeness (QED) is 0.317. The van der Waals surface area contributed by atoms with Gasteiger partial charge in [-0.2, -0.15) is 4.40 Å². The lowest BCUT2D eigenvalue weighted by Crippen LogP contribution is -2.18. The zero-order chi connectivity index (χ0) is 7.44. The number of hydrogen-bond donors (Lipinski definition) is 2. The van der Waals surface area contributed by atoms with Crippen molar-refractivity contribution in [3.8, 4) is 0 Å². The van der Waals surface area contributed by atoms with Crippen molar-refractivity contribution < 1.29 is 8.42 Å². The molecule has 54 valence electrons. The number of thiol groups is 1. The molecule has 0 atom stereocenters. The van der Waals surface area contributed by atoms with Crippen molar-refractivity contribution >= 4 is 16.7 Å². The Labute approximate surface area is 55.9 Å². The van der Waals surface area contributed by atoms with Crippen LogP contribution in [0.3, 0.4) is 0 Å². The lowest BCUT2D eigenvalue weighted by Gasteiger charge is -1.98. The average Bonchev–Trinajstić information content (AvgIpc) is 1.63. The van der Waals surface area contributed by atoms with Gasteiger partial charge in [-0.1, -0.05) is 13.8 Å². The first kappa shape index (κ1) is 8.42. The Kier molecular flexibility index (Phi) is 3.22. The molecule has 0 aliphatic carbocycles. The van der Waals surface area contributed by atoms with Crippen molar-refractivity contribution in [2.75, 3.05) is 0 Å². The molecule has 5 heteroatoms. The van der Waals surface area contributed by atoms with Crippen molar-refractivity contribution in [3.63, 3.8) is 0 Å². The molecule has 0 aliphatic heterocycles. The summed E-state index contributed by atoms with van der Waals surface area (Å²) in [6, 6.07) is 0. The van der Waals surface area contributed by atoms with Gasteiger partial charge in [0.25, 0.3) is 0 Å². The van der Waals surface area contributed by atoms with Gasteiger partial charge in [0.15, 0.2) is 0 Å². The van der Waals surface area contributed by atoms with Crippen LogP contribution in [0.25, 0.3) is 0 Å². The molecule has 0 aliphatic rings. The fraction of sp³-hybridized carbons (Fsp3) is 0.750. The van der Waals surface area contributed by atoms with Crippen molar-refractivity contribution in [1.29, 1.82) is 0 Å². The second kappa shape index (κ2) is 3.45. The standard InChI is InChI=1S/C4H10N2O2S/c1-3(2)4(5)6-9(7)8/h3,9H,1-2H3,(H2,5,6,7,8). The van der Waals surface area contributed by atoms with Gasteiger partial charge in [-0.3, -0.25) is 0 Å². The fourth-order valence-electron chi connectivity index (χ4n) is 0.210. The van der Waals surface area contributed by atoms with Crippen LogP contribution in [0.2, 0.25) is 0 Å². The third-order valence-corrected chi connectivity index (χ3v) is 1.18. The number of amidine groups is 1. The fourth-order valence-corrected chi connectivity index (χ4v) is 0.629. The van der Waals surface area contributed by atoms with E-state index in [2.05, 4.69) is 4.40 Å². The highest BCUT2D eigenvalue weighted by Crippen LogP contribution is 1.90. The number of nitrogens with zero attached hydrogens (tertiary/aromatic N) is 1. The third kappa shape index (κ3) is 3.96. The Hall–Kier alpha value is -0.580. The van der Waals surface area contributed by atoms with E-state index in [4.69, 9.17) is 5.73 Å². The molecule has 0 bridgehead atoms. The number of nitrogens with two attached hydrogens (primary N) is 1. The van der Waals surface area contributed by atoms with Gasteiger partial charge in [-0.05, 0) is 0 Å². The molecule has 0 aromatic rings. The van der Waals surface area contributed by atoms with Crippen molar-refractivity contribution in [1.82, 2.24) is 0 Å². The minimum Gasteiger partial charge on any atom is -0.386 e. The molecule has 0 fully saturated rings. The molecule has 0 aromatic heterocycles. The first-order valence-electron chi connectivity index (χ1n) is 2.52. The summed E-state index contributed by atoms with van der Waals surface area (Å²) in [6.45, 7) is 3.55. The Morgan fingerprint density at radius 2 is 2.00 bits per heavy atom. The molecule has 0 radical (unpaired) electrons. The van der Waals surface area contributed by atoms with Gasteiger partial charge in [0.1, 0.15) is 5.84 Å². The Morgan fingerprint density at radius 3 is 2.11 bits per heavy atom. The van der Waals surface area contributed by atoms with E-state index in [9.17, 15) is 8.42 Å². The molecule has 0 amide bonds. The van der Waals surface area contributed by atoms with Gasteiger partial charge in [0.05, 0.1) is 0 Å². The number of hydrogen-bond acceptors (Lipinski definition) is 2. The van der Waals surface area contributed by atoms with Crippen molar-refractivity contribution in [2.45, 2.75) is 13.8 Å². The highest BCUT2D eigenvalue weighted by atomic mass is 32.2. The monoisotopic (exact) mass is 150 g/mol. The normalized spacial score (nSPS) is 13.1. The molecule has 0 unspecified atom stereocenters. The van der Waals surface area contributed by atoms with Crippen molar-refractivity contribution in [3.05, 3.63) is 0 Å². The van der Waals surface area contributed by atoms with Crippen molar-refractivity contribution in [2.24, 2.45) is 16.0 Å². The SMILES string of the molecule is CC(C)/C(N)=N/[SH](=O)=O. The first-order chi connectivity index (χ1) is 4.04. The van der Waals surface area contributed by atoms with Crippen LogP contribution in [0.5, 0.6) is 0 Å². The van der Waals surface area contributed by atoms with Crippen LogP contribution in [-0.2, 0) is 10.9 Å². The van der Waals surface area contributed by atoms with E-state index in [0.717, 1.165) is 0 Å². The highest BCUT2D eigenvalue weighted by Gasteiger charge is 1.97. The summed E-state index contributed by atoms with van der Waals surface area (Å²) in [5, 5.41) is 0. The minimum absolute atomic E-state index is 0.00194. The smallest absolute Gasteiger partial charge is 0.244 e. The Morgan fingerprint density at radius 1 is 1.56 bits per heavy atom. The van der Waals surface area contributed by atoms with Gasteiger partial charge in [-0.25, -0.2) is 8.42 Å². The molecule has 0 aromatic carbocycles. The Balaban J connectivity index is 4.17. The van der Waals surface area contributed by atoms with Crippen LogP contribution in [0, 0.1) is 5.92 Å². The molecule has 0 spiro atoms. The molecule has 0 saturated carbocycles. The van der Waals surface area contributed by atoms with E-state index < -0.39 is 10.9 Å². The lowest BCUT2D eigenvalue weighted by molar-refractivity contribution is 0.615. The maximum Gasteiger partial charge on any atom is 0.244 e. The van der Waals surface area contributed by atoms with E-state index in [1.165, 1.54) is 0 Å². The van der Waals surface area contributed by atoms with Crippen LogP contribution < -0.4 is 5.73 Å². The van der Waals surface area contributed by atoms with Crippen LogP contribution in [0.4, 0.5) is 0 Å². The summed E-state index contributed by atoms with van der Waals surface area (Å²) in [4.78, 5) is 0. The van der Waals surface area contributed by atoms with Crippen LogP contribution >= 0.6 is 0 Å². The molecular formula is C4H10N2O2S. The van der Waals surface area contributed by atoms with Gasteiger partial charge in [0.2, 0.25) is 10.9 Å². The van der Waals surface area contributed by atoms with E-state index in [1.807, 2.05) is 0 Å². The van der Waals surface area contributed by atoms with E-state index in [1.54, 1.807) is 13.8 Å². The predicted octanol–water partition coefficient (Wildman–Crippen LogP) is -0.474. The molecule has 0 saturated heterocycles. The van der Waals surface area contributed by atoms with Crippen LogP contribution in [-0.4, -0.2) is 14.3 Å². The largest absolute Gasteiger partial charge is 0.386 e. The summed E-state index contributed by atoms with van der Waals surface area (Å²) >= 11 is 0. The molecule has 4 nitrogen and oxygen atoms in total. The zero-order valence-corrected chi connectivity index (χ0v) is 6.26. The number of rotatable bonds is 2. The second-order valence-corrected chi connectivity index (χ2v) is 2.59. The third-order valence-electron chi connectivity index (χ3n) is 0.789. The molecule has 0 heterocycles.